The lowest BCUT2D eigenvalue weighted by atomic mass is 10.1. The molecule has 2 aromatic rings. The maximum atomic E-state index is 12.4. The fraction of sp³-hybridized carbons (Fsp3) is 0.357. The van der Waals surface area contributed by atoms with Gasteiger partial charge in [0.05, 0.1) is 5.56 Å². The number of nitrogens with zero attached hydrogens (tertiary/aromatic N) is 1. The van der Waals surface area contributed by atoms with Gasteiger partial charge in [0.2, 0.25) is 0 Å². The highest BCUT2D eigenvalue weighted by atomic mass is 35.5. The van der Waals surface area contributed by atoms with E-state index in [1.54, 1.807) is 6.26 Å². The van der Waals surface area contributed by atoms with Crippen molar-refractivity contribution in [2.24, 2.45) is 11.7 Å². The number of hydrogen-bond donors (Lipinski definition) is 1. The van der Waals surface area contributed by atoms with E-state index in [0.29, 0.717) is 18.0 Å². The molecule has 0 bridgehead atoms. The van der Waals surface area contributed by atoms with Crippen LogP contribution in [0.4, 0.5) is 0 Å². The number of carbonyl (C=O) groups is 1. The first-order valence-corrected chi connectivity index (χ1v) is 6.25. The molecule has 1 amide bonds. The second-order valence-corrected chi connectivity index (χ2v) is 4.79. The highest BCUT2D eigenvalue weighted by Gasteiger charge is 2.27. The van der Waals surface area contributed by atoms with E-state index < -0.39 is 0 Å². The van der Waals surface area contributed by atoms with Crippen LogP contribution in [-0.4, -0.2) is 30.4 Å². The molecule has 0 saturated carbocycles. The maximum Gasteiger partial charge on any atom is 0.257 e. The Morgan fingerprint density at radius 2 is 2.21 bits per heavy atom. The smallest absolute Gasteiger partial charge is 0.257 e. The molecule has 102 valence electrons. The molecule has 0 aliphatic carbocycles. The second-order valence-electron chi connectivity index (χ2n) is 4.79. The summed E-state index contributed by atoms with van der Waals surface area (Å²) >= 11 is 0. The lowest BCUT2D eigenvalue weighted by Crippen LogP contribution is -2.29. The highest BCUT2D eigenvalue weighted by Crippen LogP contribution is 2.24. The molecule has 2 N–H and O–H groups in total. The van der Waals surface area contributed by atoms with Crippen molar-refractivity contribution in [2.75, 3.05) is 19.6 Å². The van der Waals surface area contributed by atoms with Crippen molar-refractivity contribution in [3.05, 3.63) is 36.1 Å². The number of amides is 1. The zero-order chi connectivity index (χ0) is 12.5. The Kier molecular flexibility index (Phi) is 4.12. The second kappa shape index (κ2) is 5.63. The van der Waals surface area contributed by atoms with Crippen LogP contribution in [0.5, 0.6) is 0 Å². The minimum absolute atomic E-state index is 0. The van der Waals surface area contributed by atoms with Crippen molar-refractivity contribution >= 4 is 29.3 Å². The van der Waals surface area contributed by atoms with Gasteiger partial charge in [-0.05, 0) is 24.9 Å². The molecule has 2 heterocycles. The predicted octanol–water partition coefficient (Wildman–Crippen LogP) is 2.28. The van der Waals surface area contributed by atoms with Crippen molar-refractivity contribution < 1.29 is 9.21 Å². The fourth-order valence-electron chi connectivity index (χ4n) is 2.52. The molecule has 1 unspecified atom stereocenters. The van der Waals surface area contributed by atoms with Crippen LogP contribution in [0.1, 0.15) is 16.8 Å². The molecule has 1 aliphatic rings. The first kappa shape index (κ1) is 13.9. The average Bonchev–Trinajstić information content (AvgIpc) is 3.04. The molecule has 4 nitrogen and oxygen atoms in total. The van der Waals surface area contributed by atoms with Gasteiger partial charge in [-0.15, -0.1) is 12.4 Å². The van der Waals surface area contributed by atoms with E-state index in [0.717, 1.165) is 30.5 Å². The van der Waals surface area contributed by atoms with E-state index in [1.807, 2.05) is 29.2 Å². The van der Waals surface area contributed by atoms with E-state index in [4.69, 9.17) is 10.2 Å². The summed E-state index contributed by atoms with van der Waals surface area (Å²) in [6.45, 7) is 2.20. The summed E-state index contributed by atoms with van der Waals surface area (Å²) in [5.74, 6) is 0.489. The average molecular weight is 281 g/mol. The summed E-state index contributed by atoms with van der Waals surface area (Å²) in [5, 5.41) is 0.888. The molecule has 1 fully saturated rings. The number of likely N-dealkylation sites (tertiary alicyclic amines) is 1. The van der Waals surface area contributed by atoms with E-state index in [9.17, 15) is 4.79 Å². The Bertz CT molecular complexity index is 582. The number of benzene rings is 1. The minimum Gasteiger partial charge on any atom is -0.463 e. The van der Waals surface area contributed by atoms with E-state index in [2.05, 4.69) is 0 Å². The summed E-state index contributed by atoms with van der Waals surface area (Å²) in [7, 11) is 0. The number of nitrogens with two attached hydrogens (primary N) is 1. The Labute approximate surface area is 118 Å². The molecule has 0 radical (unpaired) electrons. The molecule has 1 aromatic carbocycles. The standard InChI is InChI=1S/C14H16N2O2.ClH/c15-7-10-5-6-16(8-10)14(17)12-9-18-13-4-2-1-3-11(12)13;/h1-4,9-10H,5-8,15H2;1H. The van der Waals surface area contributed by atoms with Gasteiger partial charge in [-0.1, -0.05) is 18.2 Å². The lowest BCUT2D eigenvalue weighted by molar-refractivity contribution is 0.0788. The third-order valence-corrected chi connectivity index (χ3v) is 3.62. The van der Waals surface area contributed by atoms with Crippen molar-refractivity contribution in [3.8, 4) is 0 Å². The van der Waals surface area contributed by atoms with Crippen molar-refractivity contribution in [2.45, 2.75) is 6.42 Å². The zero-order valence-electron chi connectivity index (χ0n) is 10.5. The van der Waals surface area contributed by atoms with Crippen LogP contribution < -0.4 is 5.73 Å². The largest absolute Gasteiger partial charge is 0.463 e. The van der Waals surface area contributed by atoms with Gasteiger partial charge in [0, 0.05) is 18.5 Å². The summed E-state index contributed by atoms with van der Waals surface area (Å²) in [5.41, 5.74) is 7.06. The lowest BCUT2D eigenvalue weighted by Gasteiger charge is -2.15. The Balaban J connectivity index is 0.00000133. The quantitative estimate of drug-likeness (QED) is 0.918. The summed E-state index contributed by atoms with van der Waals surface area (Å²) in [6.07, 6.45) is 2.56. The van der Waals surface area contributed by atoms with Crippen LogP contribution in [0, 0.1) is 5.92 Å². The maximum absolute atomic E-state index is 12.4. The number of furan rings is 1. The van der Waals surface area contributed by atoms with Crippen molar-refractivity contribution in [1.29, 1.82) is 0 Å². The monoisotopic (exact) mass is 280 g/mol. The van der Waals surface area contributed by atoms with Crippen LogP contribution >= 0.6 is 12.4 Å². The molecule has 1 aliphatic heterocycles. The first-order chi connectivity index (χ1) is 8.79. The van der Waals surface area contributed by atoms with Crippen LogP contribution in [0.2, 0.25) is 0 Å². The molecule has 1 saturated heterocycles. The van der Waals surface area contributed by atoms with Gasteiger partial charge in [-0.25, -0.2) is 0 Å². The number of rotatable bonds is 2. The SMILES string of the molecule is Cl.NCC1CCN(C(=O)c2coc3ccccc23)C1. The highest BCUT2D eigenvalue weighted by molar-refractivity contribution is 6.05. The number of carbonyl (C=O) groups excluding carboxylic acids is 1. The molecule has 0 spiro atoms. The van der Waals surface area contributed by atoms with Gasteiger partial charge in [-0.2, -0.15) is 0 Å². The minimum atomic E-state index is 0. The summed E-state index contributed by atoms with van der Waals surface area (Å²) < 4.78 is 5.41. The predicted molar refractivity (Wildman–Crippen MR) is 76.5 cm³/mol. The van der Waals surface area contributed by atoms with Gasteiger partial charge in [0.1, 0.15) is 11.8 Å². The molecule has 1 aromatic heterocycles. The fourth-order valence-corrected chi connectivity index (χ4v) is 2.52. The summed E-state index contributed by atoms with van der Waals surface area (Å²) in [4.78, 5) is 14.3. The zero-order valence-corrected chi connectivity index (χ0v) is 11.4. The van der Waals surface area contributed by atoms with Crippen LogP contribution in [0.15, 0.2) is 34.9 Å². The third-order valence-electron chi connectivity index (χ3n) is 3.62. The van der Waals surface area contributed by atoms with Crippen molar-refractivity contribution in [1.82, 2.24) is 4.90 Å². The van der Waals surface area contributed by atoms with Gasteiger partial charge < -0.3 is 15.1 Å². The normalized spacial score (nSPS) is 18.6. The molecule has 19 heavy (non-hydrogen) atoms. The Morgan fingerprint density at radius 3 is 2.95 bits per heavy atom. The Morgan fingerprint density at radius 1 is 1.42 bits per heavy atom. The number of para-hydroxylation sites is 1. The van der Waals surface area contributed by atoms with Gasteiger partial charge >= 0.3 is 0 Å². The molecular formula is C14H17ClN2O2. The van der Waals surface area contributed by atoms with Gasteiger partial charge in [-0.3, -0.25) is 4.79 Å². The molecule has 3 rings (SSSR count). The molecule has 5 heteroatoms. The third kappa shape index (κ3) is 2.46. The number of hydrogen-bond acceptors (Lipinski definition) is 3. The molecule has 1 atom stereocenters. The Hall–Kier alpha value is -1.52. The number of halogens is 1. The van der Waals surface area contributed by atoms with E-state index >= 15 is 0 Å². The van der Waals surface area contributed by atoms with Gasteiger partial charge in [0.25, 0.3) is 5.91 Å². The van der Waals surface area contributed by atoms with Crippen LogP contribution in [0.25, 0.3) is 11.0 Å². The van der Waals surface area contributed by atoms with E-state index in [1.165, 1.54) is 0 Å². The topological polar surface area (TPSA) is 59.5 Å². The number of fused-ring (bicyclic) bond motifs is 1. The van der Waals surface area contributed by atoms with Gasteiger partial charge in [0.15, 0.2) is 0 Å². The van der Waals surface area contributed by atoms with Crippen LogP contribution in [0.3, 0.4) is 0 Å². The first-order valence-electron chi connectivity index (χ1n) is 6.25. The van der Waals surface area contributed by atoms with E-state index in [-0.39, 0.29) is 18.3 Å². The van der Waals surface area contributed by atoms with Crippen LogP contribution in [-0.2, 0) is 0 Å². The molecular weight excluding hydrogens is 264 g/mol. The van der Waals surface area contributed by atoms with Crippen molar-refractivity contribution in [3.63, 3.8) is 0 Å². The summed E-state index contributed by atoms with van der Waals surface area (Å²) in [6, 6.07) is 7.61.